The summed E-state index contributed by atoms with van der Waals surface area (Å²) >= 11 is 5.79. The lowest BCUT2D eigenvalue weighted by molar-refractivity contribution is 0.601. The van der Waals surface area contributed by atoms with Crippen molar-refractivity contribution in [3.8, 4) is 16.9 Å². The molecule has 14 heteroatoms. The molecule has 0 atom stereocenters. The quantitative estimate of drug-likeness (QED) is 0.189. The highest BCUT2D eigenvalue weighted by molar-refractivity contribution is 7.92. The Balaban J connectivity index is 1.35. The summed E-state index contributed by atoms with van der Waals surface area (Å²) < 4.78 is 31.1. The van der Waals surface area contributed by atoms with Crippen LogP contribution in [-0.4, -0.2) is 37.8 Å². The Morgan fingerprint density at radius 3 is 2.34 bits per heavy atom. The van der Waals surface area contributed by atoms with Crippen molar-refractivity contribution >= 4 is 50.7 Å². The standard InChI is InChI=1S/C27H20N10O2S2/c28-25-21(17-31-36(25)19-7-2-1-3-8-19)24-26(40)37(23-10-5-4-9-22(23)32-24)35-33-18-11-13-20(14-12-18)41(38,39)34-27-29-15-6-16-30-27/h1-17H,28H2,(H,29,30,34). The molecule has 0 aliphatic rings. The van der Waals surface area contributed by atoms with Gasteiger partial charge in [0.15, 0.2) is 4.64 Å². The summed E-state index contributed by atoms with van der Waals surface area (Å²) in [4.78, 5) is 12.6. The van der Waals surface area contributed by atoms with E-state index in [0.29, 0.717) is 33.8 Å². The van der Waals surface area contributed by atoms with E-state index < -0.39 is 10.0 Å². The molecule has 0 bridgehead atoms. The molecule has 0 amide bonds. The molecular weight excluding hydrogens is 560 g/mol. The van der Waals surface area contributed by atoms with Crippen LogP contribution in [0, 0.1) is 4.64 Å². The first-order valence-electron chi connectivity index (χ1n) is 12.1. The number of benzene rings is 3. The molecule has 3 aromatic carbocycles. The van der Waals surface area contributed by atoms with E-state index in [1.54, 1.807) is 16.9 Å². The number of hydrogen-bond donors (Lipinski definition) is 2. The fourth-order valence-electron chi connectivity index (χ4n) is 4.01. The molecule has 0 aliphatic carbocycles. The van der Waals surface area contributed by atoms with Crippen LogP contribution in [0.3, 0.4) is 0 Å². The molecule has 0 saturated carbocycles. The minimum Gasteiger partial charge on any atom is -0.383 e. The van der Waals surface area contributed by atoms with Crippen LogP contribution in [-0.2, 0) is 10.0 Å². The summed E-state index contributed by atoms with van der Waals surface area (Å²) in [5.74, 6) is 0.348. The van der Waals surface area contributed by atoms with Crippen LogP contribution < -0.4 is 10.5 Å². The number of rotatable bonds is 7. The highest BCUT2D eigenvalue weighted by Crippen LogP contribution is 2.30. The molecule has 3 N–H and O–H groups in total. The number of anilines is 2. The van der Waals surface area contributed by atoms with Gasteiger partial charge in [0.05, 0.1) is 39.1 Å². The Morgan fingerprint density at radius 2 is 1.59 bits per heavy atom. The van der Waals surface area contributed by atoms with Crippen molar-refractivity contribution in [2.24, 2.45) is 10.3 Å². The molecule has 3 aromatic heterocycles. The third kappa shape index (κ3) is 5.16. The van der Waals surface area contributed by atoms with E-state index in [4.69, 9.17) is 22.9 Å². The Bertz CT molecular complexity index is 2060. The maximum absolute atomic E-state index is 12.7. The van der Waals surface area contributed by atoms with Crippen molar-refractivity contribution in [2.75, 3.05) is 10.5 Å². The van der Waals surface area contributed by atoms with E-state index in [1.165, 1.54) is 41.3 Å². The van der Waals surface area contributed by atoms with Gasteiger partial charge in [0.25, 0.3) is 10.0 Å². The van der Waals surface area contributed by atoms with Crippen LogP contribution in [0.25, 0.3) is 28.0 Å². The number of para-hydroxylation sites is 3. The summed E-state index contributed by atoms with van der Waals surface area (Å²) in [7, 11) is -3.89. The summed E-state index contributed by atoms with van der Waals surface area (Å²) in [5.41, 5.74) is 9.91. The molecule has 0 spiro atoms. The molecule has 0 aliphatic heterocycles. The molecule has 3 heterocycles. The van der Waals surface area contributed by atoms with Gasteiger partial charge in [0, 0.05) is 12.4 Å². The Labute approximate surface area is 238 Å². The highest BCUT2D eigenvalue weighted by atomic mass is 32.2. The number of nitrogens with one attached hydrogen (secondary N) is 1. The Morgan fingerprint density at radius 1 is 0.878 bits per heavy atom. The largest absolute Gasteiger partial charge is 0.383 e. The maximum Gasteiger partial charge on any atom is 0.264 e. The topological polar surface area (TPSA) is 158 Å². The molecule has 202 valence electrons. The van der Waals surface area contributed by atoms with Gasteiger partial charge in [0.2, 0.25) is 5.95 Å². The fraction of sp³-hybridized carbons (Fsp3) is 0. The normalized spacial score (nSPS) is 11.7. The van der Waals surface area contributed by atoms with E-state index >= 15 is 0 Å². The first-order valence-corrected chi connectivity index (χ1v) is 14.0. The van der Waals surface area contributed by atoms with Gasteiger partial charge in [0.1, 0.15) is 11.5 Å². The average molecular weight is 581 g/mol. The van der Waals surface area contributed by atoms with Crippen LogP contribution >= 0.6 is 12.2 Å². The number of fused-ring (bicyclic) bond motifs is 1. The second kappa shape index (κ2) is 10.7. The molecule has 12 nitrogen and oxygen atoms in total. The van der Waals surface area contributed by atoms with E-state index in [-0.39, 0.29) is 15.5 Å². The van der Waals surface area contributed by atoms with Gasteiger partial charge in [-0.15, -0.1) is 5.11 Å². The molecule has 41 heavy (non-hydrogen) atoms. The second-order valence-electron chi connectivity index (χ2n) is 8.62. The van der Waals surface area contributed by atoms with Gasteiger partial charge in [-0.25, -0.2) is 32.8 Å². The lowest BCUT2D eigenvalue weighted by atomic mass is 10.2. The zero-order chi connectivity index (χ0) is 28.4. The maximum atomic E-state index is 12.7. The van der Waals surface area contributed by atoms with E-state index in [2.05, 4.69) is 30.1 Å². The summed E-state index contributed by atoms with van der Waals surface area (Å²) in [5, 5.41) is 13.1. The highest BCUT2D eigenvalue weighted by Gasteiger charge is 2.18. The lowest BCUT2D eigenvalue weighted by Gasteiger charge is -2.09. The Kier molecular flexibility index (Phi) is 6.74. The summed E-state index contributed by atoms with van der Waals surface area (Å²) in [6, 6.07) is 24.3. The summed E-state index contributed by atoms with van der Waals surface area (Å²) in [6.07, 6.45) is 4.50. The first kappa shape index (κ1) is 25.9. The summed E-state index contributed by atoms with van der Waals surface area (Å²) in [6.45, 7) is 0. The smallest absolute Gasteiger partial charge is 0.264 e. The van der Waals surface area contributed by atoms with Crippen LogP contribution in [0.1, 0.15) is 0 Å². The van der Waals surface area contributed by atoms with Crippen molar-refractivity contribution in [1.82, 2.24) is 29.4 Å². The van der Waals surface area contributed by atoms with Crippen molar-refractivity contribution in [1.29, 1.82) is 0 Å². The SMILES string of the molecule is Nc1c(-c2nc3ccccc3n(N=Nc3ccc(S(=O)(=O)Nc4ncccn4)cc3)c2=S)cnn1-c1ccccc1. The van der Waals surface area contributed by atoms with Gasteiger partial charge < -0.3 is 5.73 Å². The van der Waals surface area contributed by atoms with Gasteiger partial charge in [-0.2, -0.15) is 9.77 Å². The number of aromatic nitrogens is 6. The van der Waals surface area contributed by atoms with E-state index in [0.717, 1.165) is 5.69 Å². The third-order valence-electron chi connectivity index (χ3n) is 5.99. The molecule has 6 aromatic rings. The molecular formula is C27H20N10O2S2. The van der Waals surface area contributed by atoms with Gasteiger partial charge in [-0.3, -0.25) is 0 Å². The predicted molar refractivity (Wildman–Crippen MR) is 157 cm³/mol. The molecule has 0 unspecified atom stereocenters. The molecule has 6 rings (SSSR count). The van der Waals surface area contributed by atoms with Gasteiger partial charge in [-0.1, -0.05) is 47.8 Å². The number of nitrogen functional groups attached to an aromatic ring is 1. The van der Waals surface area contributed by atoms with Gasteiger partial charge >= 0.3 is 0 Å². The van der Waals surface area contributed by atoms with E-state index in [1.807, 2.05) is 54.6 Å². The lowest BCUT2D eigenvalue weighted by Crippen LogP contribution is -2.14. The van der Waals surface area contributed by atoms with Crippen LogP contribution in [0.15, 0.2) is 119 Å². The zero-order valence-corrected chi connectivity index (χ0v) is 22.7. The Hall–Kier alpha value is -5.34. The number of sulfonamides is 1. The van der Waals surface area contributed by atoms with Crippen molar-refractivity contribution in [3.05, 3.63) is 108 Å². The predicted octanol–water partition coefficient (Wildman–Crippen LogP) is 5.34. The number of hydrogen-bond acceptors (Lipinski definition) is 10. The zero-order valence-electron chi connectivity index (χ0n) is 21.1. The second-order valence-corrected chi connectivity index (χ2v) is 10.7. The number of nitrogens with zero attached hydrogens (tertiary/aromatic N) is 8. The van der Waals surface area contributed by atoms with Crippen molar-refractivity contribution in [2.45, 2.75) is 4.90 Å². The van der Waals surface area contributed by atoms with Crippen molar-refractivity contribution < 1.29 is 8.42 Å². The monoisotopic (exact) mass is 580 g/mol. The molecule has 0 radical (unpaired) electrons. The minimum absolute atomic E-state index is 0.0167. The average Bonchev–Trinajstić information content (AvgIpc) is 3.38. The fourth-order valence-corrected chi connectivity index (χ4v) is 5.26. The number of nitrogens with two attached hydrogens (primary N) is 1. The van der Waals surface area contributed by atoms with Crippen molar-refractivity contribution in [3.63, 3.8) is 0 Å². The van der Waals surface area contributed by atoms with Crippen LogP contribution in [0.4, 0.5) is 17.5 Å². The van der Waals surface area contributed by atoms with Gasteiger partial charge in [-0.05, 0) is 54.6 Å². The molecule has 0 fully saturated rings. The first-order chi connectivity index (χ1) is 19.9. The van der Waals surface area contributed by atoms with Crippen LogP contribution in [0.2, 0.25) is 0 Å². The van der Waals surface area contributed by atoms with E-state index in [9.17, 15) is 8.42 Å². The minimum atomic E-state index is -3.89. The third-order valence-corrected chi connectivity index (χ3v) is 7.70. The van der Waals surface area contributed by atoms with Crippen LogP contribution in [0.5, 0.6) is 0 Å². The molecule has 0 saturated heterocycles.